The van der Waals surface area contributed by atoms with Crippen LogP contribution < -0.4 is 0 Å². The number of benzene rings is 1. The van der Waals surface area contributed by atoms with Crippen LogP contribution in [0.4, 0.5) is 4.39 Å². The Bertz CT molecular complexity index is 299. The molecule has 0 saturated heterocycles. The largest absolute Gasteiger partial charge is 0.207 e. The van der Waals surface area contributed by atoms with Gasteiger partial charge in [-0.05, 0) is 49.9 Å². The van der Waals surface area contributed by atoms with Crippen LogP contribution in [0.2, 0.25) is 0 Å². The lowest BCUT2D eigenvalue weighted by Crippen LogP contribution is -1.94. The molecular weight excluding hydrogens is 266 g/mol. The fourth-order valence-electron chi connectivity index (χ4n) is 1.31. The average molecular weight is 280 g/mol. The molecule has 0 saturated carbocycles. The minimum Gasteiger partial charge on any atom is -0.207 e. The first-order valence-corrected chi connectivity index (χ1v) is 5.90. The average Bonchev–Trinajstić information content (AvgIpc) is 2.10. The molecule has 0 amide bonds. The van der Waals surface area contributed by atoms with Gasteiger partial charge in [0.2, 0.25) is 0 Å². The Balaban J connectivity index is 2.53. The van der Waals surface area contributed by atoms with Crippen molar-refractivity contribution < 1.29 is 4.39 Å². The van der Waals surface area contributed by atoms with Gasteiger partial charge < -0.3 is 0 Å². The summed E-state index contributed by atoms with van der Waals surface area (Å²) in [6, 6.07) is 4.77. The Morgan fingerprint density at radius 2 is 2.21 bits per heavy atom. The van der Waals surface area contributed by atoms with E-state index in [-0.39, 0.29) is 11.2 Å². The van der Waals surface area contributed by atoms with Crippen molar-refractivity contribution >= 4 is 27.5 Å². The molecular formula is C11H13BrClF. The van der Waals surface area contributed by atoms with Gasteiger partial charge in [-0.2, -0.15) is 0 Å². The van der Waals surface area contributed by atoms with E-state index in [1.165, 1.54) is 6.07 Å². The molecule has 0 fully saturated rings. The smallest absolute Gasteiger partial charge is 0.123 e. The van der Waals surface area contributed by atoms with E-state index in [1.54, 1.807) is 12.1 Å². The normalized spacial score (nSPS) is 12.9. The molecule has 0 radical (unpaired) electrons. The van der Waals surface area contributed by atoms with Gasteiger partial charge in [-0.25, -0.2) is 4.39 Å². The van der Waals surface area contributed by atoms with Crippen molar-refractivity contribution in [1.29, 1.82) is 0 Å². The molecule has 3 heteroatoms. The molecule has 0 bridgehead atoms. The zero-order chi connectivity index (χ0) is 10.6. The highest BCUT2D eigenvalue weighted by atomic mass is 79.9. The third-order valence-corrected chi connectivity index (χ3v) is 3.05. The lowest BCUT2D eigenvalue weighted by molar-refractivity contribution is 0.622. The molecule has 14 heavy (non-hydrogen) atoms. The van der Waals surface area contributed by atoms with E-state index in [4.69, 9.17) is 11.6 Å². The first-order valence-electron chi connectivity index (χ1n) is 4.67. The summed E-state index contributed by atoms with van der Waals surface area (Å²) < 4.78 is 13.9. The summed E-state index contributed by atoms with van der Waals surface area (Å²) in [6.45, 7) is 1.97. The molecule has 0 N–H and O–H groups in total. The zero-order valence-corrected chi connectivity index (χ0v) is 10.4. The summed E-state index contributed by atoms with van der Waals surface area (Å²) in [7, 11) is 0. The molecule has 0 aliphatic heterocycles. The third kappa shape index (κ3) is 3.97. The highest BCUT2D eigenvalue weighted by Crippen LogP contribution is 2.20. The summed E-state index contributed by atoms with van der Waals surface area (Å²) in [4.78, 5) is 0. The number of hydrogen-bond acceptors (Lipinski definition) is 0. The van der Waals surface area contributed by atoms with Crippen molar-refractivity contribution in [2.24, 2.45) is 0 Å². The van der Waals surface area contributed by atoms with Gasteiger partial charge in [0.25, 0.3) is 0 Å². The van der Waals surface area contributed by atoms with Gasteiger partial charge in [-0.3, -0.25) is 0 Å². The van der Waals surface area contributed by atoms with Crippen molar-refractivity contribution in [2.45, 2.75) is 31.6 Å². The molecule has 0 spiro atoms. The second-order valence-electron chi connectivity index (χ2n) is 3.41. The topological polar surface area (TPSA) is 0 Å². The van der Waals surface area contributed by atoms with Gasteiger partial charge >= 0.3 is 0 Å². The first-order chi connectivity index (χ1) is 6.59. The second-order valence-corrected chi connectivity index (χ2v) is 5.01. The van der Waals surface area contributed by atoms with Gasteiger partial charge in [0, 0.05) is 9.85 Å². The molecule has 1 atom stereocenters. The van der Waals surface area contributed by atoms with E-state index >= 15 is 0 Å². The first kappa shape index (κ1) is 12.0. The van der Waals surface area contributed by atoms with Crippen LogP contribution in [0.25, 0.3) is 0 Å². The quantitative estimate of drug-likeness (QED) is 0.710. The molecule has 1 aromatic carbocycles. The maximum Gasteiger partial charge on any atom is 0.123 e. The molecule has 0 aromatic heterocycles. The van der Waals surface area contributed by atoms with E-state index in [1.807, 2.05) is 6.92 Å². The lowest BCUT2D eigenvalue weighted by atomic mass is 10.1. The Morgan fingerprint density at radius 3 is 2.86 bits per heavy atom. The highest BCUT2D eigenvalue weighted by Gasteiger charge is 2.03. The van der Waals surface area contributed by atoms with Crippen molar-refractivity contribution in [1.82, 2.24) is 0 Å². The molecule has 1 unspecified atom stereocenters. The molecule has 78 valence electrons. The number of rotatable bonds is 4. The van der Waals surface area contributed by atoms with Gasteiger partial charge in [-0.1, -0.05) is 15.9 Å². The van der Waals surface area contributed by atoms with Crippen LogP contribution in [-0.2, 0) is 6.42 Å². The van der Waals surface area contributed by atoms with E-state index in [2.05, 4.69) is 15.9 Å². The maximum atomic E-state index is 12.9. The SMILES string of the molecule is CC(Cl)CCCc1cc(F)ccc1Br. The monoisotopic (exact) mass is 278 g/mol. The number of halogens is 3. The number of hydrogen-bond donors (Lipinski definition) is 0. The van der Waals surface area contributed by atoms with Crippen LogP contribution in [0.15, 0.2) is 22.7 Å². The predicted molar refractivity (Wildman–Crippen MR) is 62.4 cm³/mol. The van der Waals surface area contributed by atoms with Crippen molar-refractivity contribution in [3.63, 3.8) is 0 Å². The van der Waals surface area contributed by atoms with Gasteiger partial charge in [0.15, 0.2) is 0 Å². The zero-order valence-electron chi connectivity index (χ0n) is 8.06. The standard InChI is InChI=1S/C11H13BrClF/c1-8(13)3-2-4-9-7-10(14)5-6-11(9)12/h5-8H,2-4H2,1H3. The van der Waals surface area contributed by atoms with Gasteiger partial charge in [0.1, 0.15) is 5.82 Å². The number of aryl methyl sites for hydroxylation is 1. The minimum absolute atomic E-state index is 0.179. The molecule has 0 aliphatic carbocycles. The maximum absolute atomic E-state index is 12.9. The van der Waals surface area contributed by atoms with Crippen molar-refractivity contribution in [2.75, 3.05) is 0 Å². The predicted octanol–water partition coefficient (Wildman–Crippen LogP) is 4.54. The summed E-state index contributed by atoms with van der Waals surface area (Å²) in [5, 5.41) is 0.197. The number of alkyl halides is 1. The molecule has 0 heterocycles. The Morgan fingerprint density at radius 1 is 1.50 bits per heavy atom. The van der Waals surface area contributed by atoms with Crippen LogP contribution in [0.1, 0.15) is 25.3 Å². The second kappa shape index (κ2) is 5.72. The van der Waals surface area contributed by atoms with Gasteiger partial charge in [0.05, 0.1) is 0 Å². The van der Waals surface area contributed by atoms with Gasteiger partial charge in [-0.15, -0.1) is 11.6 Å². The molecule has 0 nitrogen and oxygen atoms in total. The Labute approximate surface area is 97.6 Å². The van der Waals surface area contributed by atoms with E-state index < -0.39 is 0 Å². The van der Waals surface area contributed by atoms with E-state index in [0.29, 0.717) is 0 Å². The van der Waals surface area contributed by atoms with Crippen molar-refractivity contribution in [3.8, 4) is 0 Å². The van der Waals surface area contributed by atoms with E-state index in [0.717, 1.165) is 29.3 Å². The van der Waals surface area contributed by atoms with Crippen LogP contribution >= 0.6 is 27.5 Å². The Hall–Kier alpha value is -0.0800. The summed E-state index contributed by atoms with van der Waals surface area (Å²) in [5.74, 6) is -0.179. The molecule has 1 rings (SSSR count). The van der Waals surface area contributed by atoms with Crippen LogP contribution in [0.5, 0.6) is 0 Å². The summed E-state index contributed by atoms with van der Waals surface area (Å²) >= 11 is 9.23. The van der Waals surface area contributed by atoms with Crippen LogP contribution in [0.3, 0.4) is 0 Å². The lowest BCUT2D eigenvalue weighted by Gasteiger charge is -2.05. The fraction of sp³-hybridized carbons (Fsp3) is 0.455. The van der Waals surface area contributed by atoms with Crippen molar-refractivity contribution in [3.05, 3.63) is 34.1 Å². The Kier molecular flexibility index (Phi) is 4.90. The van der Waals surface area contributed by atoms with Crippen LogP contribution in [0, 0.1) is 5.82 Å². The third-order valence-electron chi connectivity index (χ3n) is 2.06. The molecule has 1 aromatic rings. The van der Waals surface area contributed by atoms with E-state index in [9.17, 15) is 4.39 Å². The molecule has 0 aliphatic rings. The van der Waals surface area contributed by atoms with Crippen LogP contribution in [-0.4, -0.2) is 5.38 Å². The minimum atomic E-state index is -0.179. The fourth-order valence-corrected chi connectivity index (χ4v) is 1.91. The highest BCUT2D eigenvalue weighted by molar-refractivity contribution is 9.10. The summed E-state index contributed by atoms with van der Waals surface area (Å²) in [5.41, 5.74) is 1.02. The summed E-state index contributed by atoms with van der Waals surface area (Å²) in [6.07, 6.45) is 2.83.